The van der Waals surface area contributed by atoms with Crippen LogP contribution in [0.1, 0.15) is 18.9 Å². The molecule has 3 aromatic rings. The van der Waals surface area contributed by atoms with Gasteiger partial charge < -0.3 is 4.74 Å². The highest BCUT2D eigenvalue weighted by molar-refractivity contribution is 7.71. The minimum atomic E-state index is 0.461. The molecule has 23 heavy (non-hydrogen) atoms. The fourth-order valence-electron chi connectivity index (χ4n) is 1.99. The van der Waals surface area contributed by atoms with E-state index in [1.807, 2.05) is 41.8 Å². The molecule has 1 N–H and O–H groups in total. The van der Waals surface area contributed by atoms with Crippen molar-refractivity contribution in [1.29, 1.82) is 0 Å². The van der Waals surface area contributed by atoms with Crippen LogP contribution in [0.3, 0.4) is 0 Å². The molecule has 7 heteroatoms. The number of hydrogen-bond donors (Lipinski definition) is 1. The molecule has 0 spiro atoms. The maximum atomic E-state index is 5.63. The molecule has 5 nitrogen and oxygen atoms in total. The molecular formula is C16H16N4OS2. The lowest BCUT2D eigenvalue weighted by atomic mass is 10.2. The Morgan fingerprint density at radius 2 is 2.30 bits per heavy atom. The number of aromatic amines is 1. The Morgan fingerprint density at radius 3 is 3.09 bits per heavy atom. The van der Waals surface area contributed by atoms with Crippen LogP contribution in [-0.2, 0) is 0 Å². The highest BCUT2D eigenvalue weighted by atomic mass is 32.1. The summed E-state index contributed by atoms with van der Waals surface area (Å²) in [5.41, 5.74) is 0.943. The summed E-state index contributed by atoms with van der Waals surface area (Å²) in [4.78, 5) is 1.01. The van der Waals surface area contributed by atoms with E-state index in [0.717, 1.165) is 22.6 Å². The predicted molar refractivity (Wildman–Crippen MR) is 95.9 cm³/mol. The fourth-order valence-corrected chi connectivity index (χ4v) is 2.87. The van der Waals surface area contributed by atoms with E-state index in [9.17, 15) is 0 Å². The molecule has 0 atom stereocenters. The molecule has 2 heterocycles. The summed E-state index contributed by atoms with van der Waals surface area (Å²) < 4.78 is 7.72. The second-order valence-electron chi connectivity index (χ2n) is 4.81. The van der Waals surface area contributed by atoms with Crippen molar-refractivity contribution >= 4 is 29.8 Å². The highest BCUT2D eigenvalue weighted by Crippen LogP contribution is 2.22. The van der Waals surface area contributed by atoms with Gasteiger partial charge in [-0.1, -0.05) is 25.1 Å². The second-order valence-corrected chi connectivity index (χ2v) is 6.14. The van der Waals surface area contributed by atoms with Crippen LogP contribution in [0.5, 0.6) is 5.75 Å². The van der Waals surface area contributed by atoms with Crippen molar-refractivity contribution in [3.8, 4) is 16.5 Å². The molecule has 0 amide bonds. The van der Waals surface area contributed by atoms with Gasteiger partial charge >= 0.3 is 0 Å². The highest BCUT2D eigenvalue weighted by Gasteiger charge is 2.08. The molecule has 3 rings (SSSR count). The molecule has 0 aliphatic rings. The third kappa shape index (κ3) is 3.75. The molecule has 0 aliphatic heterocycles. The normalized spacial score (nSPS) is 11.2. The van der Waals surface area contributed by atoms with E-state index >= 15 is 0 Å². The van der Waals surface area contributed by atoms with Crippen LogP contribution in [0.25, 0.3) is 10.7 Å². The van der Waals surface area contributed by atoms with Gasteiger partial charge in [0.05, 0.1) is 17.7 Å². The molecule has 2 aromatic heterocycles. The average molecular weight is 344 g/mol. The molecule has 0 saturated carbocycles. The van der Waals surface area contributed by atoms with Crippen molar-refractivity contribution in [1.82, 2.24) is 14.9 Å². The van der Waals surface area contributed by atoms with E-state index < -0.39 is 0 Å². The molecule has 118 valence electrons. The van der Waals surface area contributed by atoms with Crippen molar-refractivity contribution in [2.45, 2.75) is 13.3 Å². The van der Waals surface area contributed by atoms with Crippen LogP contribution in [-0.4, -0.2) is 27.7 Å². The van der Waals surface area contributed by atoms with Gasteiger partial charge in [-0.15, -0.1) is 11.3 Å². The molecule has 0 unspecified atom stereocenters. The number of rotatable bonds is 6. The van der Waals surface area contributed by atoms with Gasteiger partial charge in [-0.3, -0.25) is 0 Å². The van der Waals surface area contributed by atoms with Crippen LogP contribution < -0.4 is 4.74 Å². The van der Waals surface area contributed by atoms with Gasteiger partial charge in [0, 0.05) is 0 Å². The van der Waals surface area contributed by atoms with Crippen LogP contribution >= 0.6 is 23.6 Å². The molecule has 0 bridgehead atoms. The zero-order valence-corrected chi connectivity index (χ0v) is 14.2. The Morgan fingerprint density at radius 1 is 1.39 bits per heavy atom. The summed E-state index contributed by atoms with van der Waals surface area (Å²) in [6, 6.07) is 11.8. The first-order valence-electron chi connectivity index (χ1n) is 7.26. The summed E-state index contributed by atoms with van der Waals surface area (Å²) >= 11 is 6.85. The summed E-state index contributed by atoms with van der Waals surface area (Å²) in [7, 11) is 0. The lowest BCUT2D eigenvalue weighted by molar-refractivity contribution is 0.317. The average Bonchev–Trinajstić information content (AvgIpc) is 3.21. The third-order valence-corrected chi connectivity index (χ3v) is 4.18. The number of ether oxygens (including phenoxy) is 1. The van der Waals surface area contributed by atoms with Crippen molar-refractivity contribution in [2.24, 2.45) is 5.10 Å². The first kappa shape index (κ1) is 15.6. The van der Waals surface area contributed by atoms with Crippen LogP contribution in [0.2, 0.25) is 0 Å². The Hall–Kier alpha value is -2.25. The Bertz CT molecular complexity index is 849. The maximum absolute atomic E-state index is 5.63. The first-order chi connectivity index (χ1) is 11.3. The Balaban J connectivity index is 1.86. The summed E-state index contributed by atoms with van der Waals surface area (Å²) in [6.45, 7) is 2.79. The Kier molecular flexibility index (Phi) is 4.99. The smallest absolute Gasteiger partial charge is 0.216 e. The van der Waals surface area contributed by atoms with E-state index in [0.29, 0.717) is 17.2 Å². The minimum Gasteiger partial charge on any atom is -0.494 e. The monoisotopic (exact) mass is 344 g/mol. The van der Waals surface area contributed by atoms with E-state index in [4.69, 9.17) is 17.0 Å². The van der Waals surface area contributed by atoms with Gasteiger partial charge in [0.25, 0.3) is 0 Å². The zero-order valence-electron chi connectivity index (χ0n) is 12.6. The molecule has 0 saturated heterocycles. The molecule has 0 radical (unpaired) electrons. The second kappa shape index (κ2) is 7.34. The van der Waals surface area contributed by atoms with Gasteiger partial charge in [-0.25, -0.2) is 5.10 Å². The predicted octanol–water partition coefficient (Wildman–Crippen LogP) is 4.34. The van der Waals surface area contributed by atoms with Gasteiger partial charge in [0.15, 0.2) is 5.82 Å². The van der Waals surface area contributed by atoms with Crippen LogP contribution in [0.4, 0.5) is 0 Å². The topological polar surface area (TPSA) is 55.2 Å². The first-order valence-corrected chi connectivity index (χ1v) is 8.55. The van der Waals surface area contributed by atoms with Crippen LogP contribution in [0.15, 0.2) is 46.9 Å². The third-order valence-electron chi connectivity index (χ3n) is 3.05. The maximum Gasteiger partial charge on any atom is 0.216 e. The number of thiophene rings is 1. The zero-order chi connectivity index (χ0) is 16.1. The number of nitrogens with one attached hydrogen (secondary N) is 1. The van der Waals surface area contributed by atoms with Gasteiger partial charge in [0.2, 0.25) is 4.77 Å². The number of hydrogen-bond acceptors (Lipinski definition) is 5. The fraction of sp³-hybridized carbons (Fsp3) is 0.188. The van der Waals surface area contributed by atoms with Crippen molar-refractivity contribution in [2.75, 3.05) is 6.61 Å². The largest absolute Gasteiger partial charge is 0.494 e. The standard InChI is InChI=1S/C16H16N4OS2/c1-2-8-21-13-6-3-5-12(10-13)11-17-20-15(18-19-16(20)22)14-7-4-9-23-14/h3-7,9-11H,2,8H2,1H3,(H,19,22)/b17-11-. The lowest BCUT2D eigenvalue weighted by Gasteiger charge is -2.04. The SMILES string of the molecule is CCCOc1cccc(/C=N\n2c(-c3cccs3)n[nH]c2=S)c1. The van der Waals surface area contributed by atoms with Gasteiger partial charge in [-0.05, 0) is 47.8 Å². The van der Waals surface area contributed by atoms with Gasteiger partial charge in [-0.2, -0.15) is 14.9 Å². The van der Waals surface area contributed by atoms with Crippen molar-refractivity contribution in [3.05, 3.63) is 52.1 Å². The van der Waals surface area contributed by atoms with Gasteiger partial charge in [0.1, 0.15) is 5.75 Å². The summed E-state index contributed by atoms with van der Waals surface area (Å²) in [5.74, 6) is 1.55. The number of benzene rings is 1. The molecule has 0 aliphatic carbocycles. The van der Waals surface area contributed by atoms with E-state index in [-0.39, 0.29) is 0 Å². The van der Waals surface area contributed by atoms with E-state index in [1.165, 1.54) is 0 Å². The number of aromatic nitrogens is 3. The number of nitrogens with zero attached hydrogens (tertiary/aromatic N) is 3. The molecule has 0 fully saturated rings. The summed E-state index contributed by atoms with van der Waals surface area (Å²) in [6.07, 6.45) is 2.73. The minimum absolute atomic E-state index is 0.461. The van der Waals surface area contributed by atoms with Crippen molar-refractivity contribution < 1.29 is 4.74 Å². The lowest BCUT2D eigenvalue weighted by Crippen LogP contribution is -1.96. The van der Waals surface area contributed by atoms with E-state index in [1.54, 1.807) is 22.2 Å². The van der Waals surface area contributed by atoms with Crippen molar-refractivity contribution in [3.63, 3.8) is 0 Å². The van der Waals surface area contributed by atoms with E-state index in [2.05, 4.69) is 22.2 Å². The summed E-state index contributed by atoms with van der Waals surface area (Å²) in [5, 5.41) is 13.5. The Labute approximate surface area is 143 Å². The van der Waals surface area contributed by atoms with Crippen LogP contribution in [0, 0.1) is 4.77 Å². The molecule has 1 aromatic carbocycles. The quantitative estimate of drug-likeness (QED) is 0.534. The number of H-pyrrole nitrogens is 1. The molecular weight excluding hydrogens is 328 g/mol.